The number of rotatable bonds is 6. The van der Waals surface area contributed by atoms with E-state index in [-0.39, 0.29) is 0 Å². The first-order chi connectivity index (χ1) is 7.99. The largest absolute Gasteiger partial charge is 0.477 e. The fourth-order valence-electron chi connectivity index (χ4n) is 1.66. The summed E-state index contributed by atoms with van der Waals surface area (Å²) in [5.74, 6) is -0.330. The molecule has 0 spiro atoms. The van der Waals surface area contributed by atoms with Crippen LogP contribution < -0.4 is 4.90 Å². The Morgan fingerprint density at radius 2 is 2.12 bits per heavy atom. The van der Waals surface area contributed by atoms with Crippen molar-refractivity contribution in [3.8, 4) is 0 Å². The van der Waals surface area contributed by atoms with E-state index in [0.29, 0.717) is 22.9 Å². The van der Waals surface area contributed by atoms with Crippen LogP contribution in [0.5, 0.6) is 0 Å². The second kappa shape index (κ2) is 6.00. The zero-order valence-corrected chi connectivity index (χ0v) is 11.7. The molecule has 0 aliphatic heterocycles. The van der Waals surface area contributed by atoms with Gasteiger partial charge in [-0.3, -0.25) is 0 Å². The average molecular weight is 256 g/mol. The summed E-state index contributed by atoms with van der Waals surface area (Å²) in [5, 5.41) is 9.93. The summed E-state index contributed by atoms with van der Waals surface area (Å²) in [7, 11) is 0. The lowest BCUT2D eigenvalue weighted by Gasteiger charge is -2.21. The molecule has 0 aliphatic rings. The molecule has 0 saturated heterocycles. The zero-order valence-electron chi connectivity index (χ0n) is 10.9. The summed E-state index contributed by atoms with van der Waals surface area (Å²) >= 11 is 1.28. The van der Waals surface area contributed by atoms with Crippen LogP contribution in [0.2, 0.25) is 0 Å². The summed E-state index contributed by atoms with van der Waals surface area (Å²) in [6.45, 7) is 10.1. The number of carboxylic acids is 1. The van der Waals surface area contributed by atoms with Crippen LogP contribution >= 0.6 is 11.3 Å². The lowest BCUT2D eigenvalue weighted by molar-refractivity contribution is 0.0701. The number of hydrogen-bond donors (Lipinski definition) is 1. The summed E-state index contributed by atoms with van der Waals surface area (Å²) in [6, 6.07) is 0. The Morgan fingerprint density at radius 3 is 2.47 bits per heavy atom. The van der Waals surface area contributed by atoms with Crippen LogP contribution in [-0.2, 0) is 6.42 Å². The third-order valence-electron chi connectivity index (χ3n) is 2.45. The predicted octanol–water partition coefficient (Wildman–Crippen LogP) is 2.89. The van der Waals surface area contributed by atoms with Gasteiger partial charge in [-0.2, -0.15) is 0 Å². The van der Waals surface area contributed by atoms with Gasteiger partial charge in [-0.1, -0.05) is 32.1 Å². The first-order valence-corrected chi connectivity index (χ1v) is 6.79. The summed E-state index contributed by atoms with van der Waals surface area (Å²) in [6.07, 6.45) is 0.664. The Morgan fingerprint density at radius 1 is 1.47 bits per heavy atom. The number of nitrogens with zero attached hydrogens (tertiary/aromatic N) is 2. The highest BCUT2D eigenvalue weighted by molar-refractivity contribution is 7.17. The summed E-state index contributed by atoms with van der Waals surface area (Å²) in [4.78, 5) is 18.0. The topological polar surface area (TPSA) is 53.4 Å². The molecule has 1 N–H and O–H groups in total. The van der Waals surface area contributed by atoms with Crippen LogP contribution in [0.15, 0.2) is 0 Å². The van der Waals surface area contributed by atoms with Gasteiger partial charge in [-0.15, -0.1) is 0 Å². The molecule has 0 fully saturated rings. The number of carbonyl (C=O) groups is 1. The number of hydrogen-bond acceptors (Lipinski definition) is 4. The molecule has 0 radical (unpaired) electrons. The Kier molecular flexibility index (Phi) is 4.93. The van der Waals surface area contributed by atoms with Crippen molar-refractivity contribution in [3.05, 3.63) is 10.6 Å². The van der Waals surface area contributed by atoms with E-state index in [4.69, 9.17) is 5.11 Å². The third kappa shape index (κ3) is 3.43. The van der Waals surface area contributed by atoms with Gasteiger partial charge in [0, 0.05) is 13.1 Å². The minimum absolute atomic E-state index is 0.379. The van der Waals surface area contributed by atoms with Gasteiger partial charge in [-0.25, -0.2) is 9.78 Å². The molecule has 1 rings (SSSR count). The standard InChI is InChI=1S/C12H20N2O2S/c1-5-9-10(11(15)16)17-12(13-9)14(6-2)7-8(3)4/h8H,5-7H2,1-4H3,(H,15,16). The molecule has 0 saturated carbocycles. The number of thiazole rings is 1. The van der Waals surface area contributed by atoms with Gasteiger partial charge in [0.15, 0.2) is 5.13 Å². The van der Waals surface area contributed by atoms with E-state index in [1.807, 2.05) is 6.92 Å². The van der Waals surface area contributed by atoms with Crippen molar-refractivity contribution in [2.75, 3.05) is 18.0 Å². The second-order valence-corrected chi connectivity index (χ2v) is 5.34. The van der Waals surface area contributed by atoms with Crippen LogP contribution in [0.3, 0.4) is 0 Å². The number of aromatic carboxylic acids is 1. The monoisotopic (exact) mass is 256 g/mol. The van der Waals surface area contributed by atoms with Crippen molar-refractivity contribution in [2.45, 2.75) is 34.1 Å². The smallest absolute Gasteiger partial charge is 0.347 e. The number of aryl methyl sites for hydroxylation is 1. The van der Waals surface area contributed by atoms with Gasteiger partial charge in [0.05, 0.1) is 5.69 Å². The highest BCUT2D eigenvalue weighted by atomic mass is 32.1. The Bertz CT molecular complexity index is 388. The summed E-state index contributed by atoms with van der Waals surface area (Å²) in [5.41, 5.74) is 0.694. The SMILES string of the molecule is CCc1nc(N(CC)CC(C)C)sc1C(=O)O. The van der Waals surface area contributed by atoms with Crippen molar-refractivity contribution in [2.24, 2.45) is 5.92 Å². The maximum atomic E-state index is 11.1. The molecule has 0 aliphatic carbocycles. The highest BCUT2D eigenvalue weighted by Crippen LogP contribution is 2.27. The summed E-state index contributed by atoms with van der Waals surface area (Å²) < 4.78 is 0. The molecular formula is C12H20N2O2S. The van der Waals surface area contributed by atoms with Crippen LogP contribution in [0, 0.1) is 5.92 Å². The molecule has 1 aromatic rings. The van der Waals surface area contributed by atoms with E-state index < -0.39 is 5.97 Å². The minimum atomic E-state index is -0.869. The van der Waals surface area contributed by atoms with E-state index >= 15 is 0 Å². The highest BCUT2D eigenvalue weighted by Gasteiger charge is 2.19. The van der Waals surface area contributed by atoms with E-state index in [9.17, 15) is 4.79 Å². The van der Waals surface area contributed by atoms with Gasteiger partial charge in [0.2, 0.25) is 0 Å². The number of anilines is 1. The van der Waals surface area contributed by atoms with Crippen LogP contribution in [0.25, 0.3) is 0 Å². The third-order valence-corrected chi connectivity index (χ3v) is 3.60. The van der Waals surface area contributed by atoms with Crippen molar-refractivity contribution >= 4 is 22.4 Å². The van der Waals surface area contributed by atoms with Crippen molar-refractivity contribution in [1.29, 1.82) is 0 Å². The van der Waals surface area contributed by atoms with Crippen LogP contribution in [0.4, 0.5) is 5.13 Å². The maximum Gasteiger partial charge on any atom is 0.347 e. The first-order valence-electron chi connectivity index (χ1n) is 5.97. The molecule has 96 valence electrons. The van der Waals surface area contributed by atoms with Crippen molar-refractivity contribution in [1.82, 2.24) is 4.98 Å². The Balaban J connectivity index is 3.00. The van der Waals surface area contributed by atoms with Crippen LogP contribution in [0.1, 0.15) is 43.1 Å². The van der Waals surface area contributed by atoms with Crippen molar-refractivity contribution in [3.63, 3.8) is 0 Å². The van der Waals surface area contributed by atoms with E-state index in [0.717, 1.165) is 18.2 Å². The van der Waals surface area contributed by atoms with Gasteiger partial charge >= 0.3 is 5.97 Å². The molecule has 4 nitrogen and oxygen atoms in total. The normalized spacial score (nSPS) is 10.9. The Hall–Kier alpha value is -1.10. The van der Waals surface area contributed by atoms with Gasteiger partial charge in [0.1, 0.15) is 4.88 Å². The Labute approximate surface area is 106 Å². The fraction of sp³-hybridized carbons (Fsp3) is 0.667. The predicted molar refractivity (Wildman–Crippen MR) is 71.2 cm³/mol. The second-order valence-electron chi connectivity index (χ2n) is 4.36. The van der Waals surface area contributed by atoms with Gasteiger partial charge < -0.3 is 10.0 Å². The molecule has 0 unspecified atom stereocenters. The van der Waals surface area contributed by atoms with Crippen LogP contribution in [-0.4, -0.2) is 29.1 Å². The molecule has 5 heteroatoms. The molecular weight excluding hydrogens is 236 g/mol. The minimum Gasteiger partial charge on any atom is -0.477 e. The number of carboxylic acid groups (broad SMARTS) is 1. The first kappa shape index (κ1) is 14.0. The maximum absolute atomic E-state index is 11.1. The van der Waals surface area contributed by atoms with Crippen molar-refractivity contribution < 1.29 is 9.90 Å². The average Bonchev–Trinajstić information content (AvgIpc) is 2.69. The molecule has 0 bridgehead atoms. The van der Waals surface area contributed by atoms with E-state index in [1.54, 1.807) is 0 Å². The van der Waals surface area contributed by atoms with E-state index in [2.05, 4.69) is 30.7 Å². The molecule has 0 amide bonds. The zero-order chi connectivity index (χ0) is 13.0. The molecule has 17 heavy (non-hydrogen) atoms. The number of aromatic nitrogens is 1. The quantitative estimate of drug-likeness (QED) is 0.850. The van der Waals surface area contributed by atoms with Gasteiger partial charge in [0.25, 0.3) is 0 Å². The molecule has 0 atom stereocenters. The fourth-order valence-corrected chi connectivity index (χ4v) is 2.73. The lowest BCUT2D eigenvalue weighted by Crippen LogP contribution is -2.27. The lowest BCUT2D eigenvalue weighted by atomic mass is 10.2. The van der Waals surface area contributed by atoms with Gasteiger partial charge in [-0.05, 0) is 19.3 Å². The molecule has 1 aromatic heterocycles. The molecule has 1 heterocycles. The van der Waals surface area contributed by atoms with E-state index in [1.165, 1.54) is 11.3 Å². The molecule has 0 aromatic carbocycles.